The van der Waals surface area contributed by atoms with Gasteiger partial charge in [0.1, 0.15) is 0 Å². The SMILES string of the molecule is C[Si](c1ccccc1)(c1ccccc1)[C@H]1CCC[NH2+]1.[Br-]. The molecular formula is C17H22BrNSi. The average Bonchev–Trinajstić information content (AvgIpc) is 3.03. The van der Waals surface area contributed by atoms with Crippen LogP contribution >= 0.6 is 0 Å². The molecule has 2 N–H and O–H groups in total. The van der Waals surface area contributed by atoms with Crippen molar-refractivity contribution in [2.24, 2.45) is 0 Å². The Kier molecular flexibility index (Phi) is 5.19. The average molecular weight is 348 g/mol. The van der Waals surface area contributed by atoms with Gasteiger partial charge in [0, 0.05) is 12.8 Å². The topological polar surface area (TPSA) is 16.6 Å². The Labute approximate surface area is 133 Å². The van der Waals surface area contributed by atoms with Crippen LogP contribution in [0.3, 0.4) is 0 Å². The highest BCUT2D eigenvalue weighted by Gasteiger charge is 2.44. The number of quaternary nitrogens is 1. The van der Waals surface area contributed by atoms with E-state index in [-0.39, 0.29) is 17.0 Å². The molecule has 3 rings (SSSR count). The molecule has 0 bridgehead atoms. The Morgan fingerprint density at radius 1 is 0.900 bits per heavy atom. The largest absolute Gasteiger partial charge is 1.00 e. The highest BCUT2D eigenvalue weighted by Crippen LogP contribution is 2.14. The van der Waals surface area contributed by atoms with E-state index in [1.807, 2.05) is 0 Å². The van der Waals surface area contributed by atoms with Crippen LogP contribution in [0.5, 0.6) is 0 Å². The second-order valence-corrected chi connectivity index (χ2v) is 10.0. The van der Waals surface area contributed by atoms with E-state index in [1.165, 1.54) is 19.4 Å². The first-order chi connectivity index (χ1) is 9.32. The van der Waals surface area contributed by atoms with Crippen molar-refractivity contribution >= 4 is 18.4 Å². The van der Waals surface area contributed by atoms with Gasteiger partial charge in [0.05, 0.1) is 12.2 Å². The lowest BCUT2D eigenvalue weighted by molar-refractivity contribution is -0.653. The summed E-state index contributed by atoms with van der Waals surface area (Å²) in [6, 6.07) is 22.4. The molecule has 20 heavy (non-hydrogen) atoms. The quantitative estimate of drug-likeness (QED) is 0.628. The zero-order valence-electron chi connectivity index (χ0n) is 11.9. The van der Waals surface area contributed by atoms with Crippen LogP contribution in [0.1, 0.15) is 12.8 Å². The predicted octanol–water partition coefficient (Wildman–Crippen LogP) is -1.85. The molecule has 0 unspecified atom stereocenters. The van der Waals surface area contributed by atoms with E-state index in [0.717, 1.165) is 5.67 Å². The minimum Gasteiger partial charge on any atom is -1.00 e. The molecule has 1 aliphatic rings. The van der Waals surface area contributed by atoms with Crippen LogP contribution in [0.2, 0.25) is 6.55 Å². The number of hydrogen-bond acceptors (Lipinski definition) is 0. The molecule has 0 radical (unpaired) electrons. The molecule has 0 aliphatic carbocycles. The summed E-state index contributed by atoms with van der Waals surface area (Å²) in [6.07, 6.45) is 2.74. The zero-order valence-corrected chi connectivity index (χ0v) is 14.5. The maximum absolute atomic E-state index is 2.59. The normalized spacial score (nSPS) is 18.6. The second kappa shape index (κ2) is 6.70. The van der Waals surface area contributed by atoms with Gasteiger partial charge in [0.15, 0.2) is 8.07 Å². The maximum Gasteiger partial charge on any atom is 0.181 e. The van der Waals surface area contributed by atoms with Gasteiger partial charge in [-0.05, 0) is 10.4 Å². The van der Waals surface area contributed by atoms with E-state index in [9.17, 15) is 0 Å². The molecule has 0 aromatic heterocycles. The smallest absolute Gasteiger partial charge is 0.181 e. The van der Waals surface area contributed by atoms with Gasteiger partial charge in [-0.2, -0.15) is 0 Å². The monoisotopic (exact) mass is 347 g/mol. The highest BCUT2D eigenvalue weighted by atomic mass is 79.9. The summed E-state index contributed by atoms with van der Waals surface area (Å²) < 4.78 is 0. The zero-order chi connectivity index (χ0) is 13.1. The number of benzene rings is 2. The van der Waals surface area contributed by atoms with Crippen molar-refractivity contribution in [2.45, 2.75) is 25.1 Å². The van der Waals surface area contributed by atoms with Crippen molar-refractivity contribution in [1.29, 1.82) is 0 Å². The van der Waals surface area contributed by atoms with E-state index in [4.69, 9.17) is 0 Å². The summed E-state index contributed by atoms with van der Waals surface area (Å²) in [5.41, 5.74) is 0.789. The van der Waals surface area contributed by atoms with Gasteiger partial charge in [0.25, 0.3) is 0 Å². The van der Waals surface area contributed by atoms with Crippen molar-refractivity contribution < 1.29 is 22.3 Å². The molecular weight excluding hydrogens is 326 g/mol. The maximum atomic E-state index is 2.59. The third-order valence-electron chi connectivity index (χ3n) is 4.66. The molecule has 1 aliphatic heterocycles. The van der Waals surface area contributed by atoms with Gasteiger partial charge in [-0.1, -0.05) is 67.2 Å². The Morgan fingerprint density at radius 2 is 1.40 bits per heavy atom. The molecule has 2 aromatic carbocycles. The number of hydrogen-bond donors (Lipinski definition) is 1. The lowest BCUT2D eigenvalue weighted by Gasteiger charge is -2.32. The highest BCUT2D eigenvalue weighted by molar-refractivity contribution is 7.02. The van der Waals surface area contributed by atoms with E-state index >= 15 is 0 Å². The third kappa shape index (κ3) is 2.76. The summed E-state index contributed by atoms with van der Waals surface area (Å²) >= 11 is 0. The fraction of sp³-hybridized carbons (Fsp3) is 0.294. The lowest BCUT2D eigenvalue weighted by Crippen LogP contribution is -3.00. The molecule has 1 fully saturated rings. The van der Waals surface area contributed by atoms with Crippen LogP contribution in [0.4, 0.5) is 0 Å². The minimum atomic E-state index is -1.62. The first-order valence-corrected chi connectivity index (χ1v) is 9.84. The Balaban J connectivity index is 0.00000147. The minimum absolute atomic E-state index is 0. The molecule has 2 aromatic rings. The van der Waals surface area contributed by atoms with Gasteiger partial charge >= 0.3 is 0 Å². The fourth-order valence-corrected chi connectivity index (χ4v) is 7.84. The molecule has 1 atom stereocenters. The Bertz CT molecular complexity index is 484. The van der Waals surface area contributed by atoms with Gasteiger partial charge < -0.3 is 22.3 Å². The third-order valence-corrected chi connectivity index (χ3v) is 9.73. The summed E-state index contributed by atoms with van der Waals surface area (Å²) in [5, 5.41) is 5.74. The van der Waals surface area contributed by atoms with Crippen molar-refractivity contribution in [1.82, 2.24) is 0 Å². The van der Waals surface area contributed by atoms with Crippen LogP contribution in [0.25, 0.3) is 0 Å². The summed E-state index contributed by atoms with van der Waals surface area (Å²) in [7, 11) is -1.62. The summed E-state index contributed by atoms with van der Waals surface area (Å²) in [5.74, 6) is 0. The molecule has 0 saturated carbocycles. The van der Waals surface area contributed by atoms with Crippen LogP contribution < -0.4 is 32.7 Å². The molecule has 106 valence electrons. The summed E-state index contributed by atoms with van der Waals surface area (Å²) in [4.78, 5) is 0. The molecule has 1 heterocycles. The van der Waals surface area contributed by atoms with Crippen LogP contribution in [0.15, 0.2) is 60.7 Å². The fourth-order valence-electron chi connectivity index (χ4n) is 3.46. The van der Waals surface area contributed by atoms with Gasteiger partial charge in [-0.15, -0.1) is 0 Å². The van der Waals surface area contributed by atoms with E-state index in [2.05, 4.69) is 72.5 Å². The van der Waals surface area contributed by atoms with Crippen LogP contribution in [-0.2, 0) is 0 Å². The first kappa shape index (κ1) is 15.5. The van der Waals surface area contributed by atoms with E-state index in [1.54, 1.807) is 10.4 Å². The van der Waals surface area contributed by atoms with Gasteiger partial charge in [0.2, 0.25) is 0 Å². The van der Waals surface area contributed by atoms with Gasteiger partial charge in [-0.25, -0.2) is 0 Å². The molecule has 0 amide bonds. The van der Waals surface area contributed by atoms with E-state index in [0.29, 0.717) is 0 Å². The Hall–Kier alpha value is -0.903. The molecule has 1 nitrogen and oxygen atoms in total. The Morgan fingerprint density at radius 3 is 1.80 bits per heavy atom. The number of halogens is 1. The van der Waals surface area contributed by atoms with Crippen molar-refractivity contribution in [3.63, 3.8) is 0 Å². The van der Waals surface area contributed by atoms with Crippen molar-refractivity contribution in [2.75, 3.05) is 6.54 Å². The molecule has 0 spiro atoms. The van der Waals surface area contributed by atoms with Crippen molar-refractivity contribution in [3.05, 3.63) is 60.7 Å². The first-order valence-electron chi connectivity index (χ1n) is 7.26. The standard InChI is InChI=1S/C17H21NSi.BrH/c1-19(17-13-8-14-18-17,15-9-4-2-5-10-15)16-11-6-3-7-12-16;/h2-7,9-12,17-18H,8,13-14H2,1H3;1H/t17-;/m0./s1. The number of nitrogens with two attached hydrogens (primary N) is 1. The lowest BCUT2D eigenvalue weighted by atomic mass is 10.4. The predicted molar refractivity (Wildman–Crippen MR) is 83.6 cm³/mol. The van der Waals surface area contributed by atoms with E-state index < -0.39 is 8.07 Å². The molecule has 3 heteroatoms. The molecule has 1 saturated heterocycles. The second-order valence-electron chi connectivity index (χ2n) is 5.71. The summed E-state index contributed by atoms with van der Waals surface area (Å²) in [6.45, 7) is 3.84. The van der Waals surface area contributed by atoms with Crippen LogP contribution in [0, 0.1) is 0 Å². The van der Waals surface area contributed by atoms with Gasteiger partial charge in [-0.3, -0.25) is 0 Å². The van der Waals surface area contributed by atoms with Crippen LogP contribution in [-0.4, -0.2) is 20.3 Å². The number of rotatable bonds is 3. The van der Waals surface area contributed by atoms with Crippen molar-refractivity contribution in [3.8, 4) is 0 Å².